The van der Waals surface area contributed by atoms with Crippen LogP contribution in [-0.4, -0.2) is 78.0 Å². The highest BCUT2D eigenvalue weighted by Crippen LogP contribution is 2.38. The molecule has 0 aliphatic carbocycles. The van der Waals surface area contributed by atoms with Crippen molar-refractivity contribution in [2.45, 2.75) is 17.7 Å². The van der Waals surface area contributed by atoms with Gasteiger partial charge in [0.15, 0.2) is 15.0 Å². The summed E-state index contributed by atoms with van der Waals surface area (Å²) in [5, 5.41) is 8.75. The van der Waals surface area contributed by atoms with Gasteiger partial charge in [-0.15, -0.1) is 0 Å². The van der Waals surface area contributed by atoms with Crippen LogP contribution < -0.4 is 0 Å². The van der Waals surface area contributed by atoms with Crippen LogP contribution in [0.25, 0.3) is 0 Å². The first-order valence-corrected chi connectivity index (χ1v) is 11.2. The van der Waals surface area contributed by atoms with Gasteiger partial charge in [0, 0.05) is 11.8 Å². The standard InChI is InChI=1S/C17H19FN2O6S2/c18-12-3-1-11(2-4-12)5-6-20-13-9-28(24,25)10-14(13)27-17(20)19-15(21)7-26-8-16(22)23/h1-4,13-14H,5-10H2,(H,22,23)/t13-,14-/m1/s1. The Bertz CT molecular complexity index is 887. The molecule has 2 atom stereocenters. The zero-order valence-electron chi connectivity index (χ0n) is 14.8. The first-order chi connectivity index (χ1) is 13.2. The third-order valence-corrected chi connectivity index (χ3v) is 7.65. The van der Waals surface area contributed by atoms with E-state index in [9.17, 15) is 22.4 Å². The van der Waals surface area contributed by atoms with E-state index in [1.54, 1.807) is 17.0 Å². The second kappa shape index (κ2) is 8.58. The van der Waals surface area contributed by atoms with Gasteiger partial charge in [-0.25, -0.2) is 17.6 Å². The predicted octanol–water partition coefficient (Wildman–Crippen LogP) is 0.566. The first-order valence-electron chi connectivity index (χ1n) is 8.53. The third kappa shape index (κ3) is 5.30. The normalized spacial score (nSPS) is 24.5. The average Bonchev–Trinajstić information content (AvgIpc) is 3.05. The molecular weight excluding hydrogens is 411 g/mol. The van der Waals surface area contributed by atoms with Crippen molar-refractivity contribution >= 4 is 38.6 Å². The molecule has 1 amide bonds. The zero-order valence-corrected chi connectivity index (χ0v) is 16.4. The Balaban J connectivity index is 1.70. The summed E-state index contributed by atoms with van der Waals surface area (Å²) in [6.07, 6.45) is 0.535. The Labute approximate surface area is 165 Å². The number of fused-ring (bicyclic) bond motifs is 1. The number of carbonyl (C=O) groups excluding carboxylic acids is 1. The van der Waals surface area contributed by atoms with Crippen molar-refractivity contribution in [3.8, 4) is 0 Å². The number of halogens is 1. The highest BCUT2D eigenvalue weighted by molar-refractivity contribution is 8.15. The monoisotopic (exact) mass is 430 g/mol. The average molecular weight is 430 g/mol. The van der Waals surface area contributed by atoms with Crippen LogP contribution in [-0.2, 0) is 30.6 Å². The summed E-state index contributed by atoms with van der Waals surface area (Å²) in [6, 6.07) is 5.75. The molecule has 2 saturated heterocycles. The van der Waals surface area contributed by atoms with Crippen molar-refractivity contribution in [1.29, 1.82) is 0 Å². The molecule has 0 unspecified atom stereocenters. The van der Waals surface area contributed by atoms with Gasteiger partial charge in [0.2, 0.25) is 0 Å². The van der Waals surface area contributed by atoms with Crippen LogP contribution >= 0.6 is 11.8 Å². The van der Waals surface area contributed by atoms with Crippen molar-refractivity contribution in [2.75, 3.05) is 31.3 Å². The highest BCUT2D eigenvalue weighted by atomic mass is 32.2. The van der Waals surface area contributed by atoms with E-state index >= 15 is 0 Å². The summed E-state index contributed by atoms with van der Waals surface area (Å²) in [4.78, 5) is 28.2. The van der Waals surface area contributed by atoms with Gasteiger partial charge in [0.25, 0.3) is 5.91 Å². The van der Waals surface area contributed by atoms with E-state index in [0.717, 1.165) is 5.56 Å². The molecule has 152 valence electrons. The van der Waals surface area contributed by atoms with Crippen LogP contribution in [0.1, 0.15) is 5.56 Å². The molecule has 0 bridgehead atoms. The summed E-state index contributed by atoms with van der Waals surface area (Å²) in [5.41, 5.74) is 0.881. The lowest BCUT2D eigenvalue weighted by Gasteiger charge is -2.24. The number of aliphatic imine (C=N–C) groups is 1. The number of amidine groups is 1. The molecule has 0 saturated carbocycles. The number of hydrogen-bond donors (Lipinski definition) is 1. The molecule has 1 aromatic rings. The van der Waals surface area contributed by atoms with Gasteiger partial charge in [-0.1, -0.05) is 23.9 Å². The minimum absolute atomic E-state index is 0.00317. The number of ether oxygens (including phenoxy) is 1. The highest BCUT2D eigenvalue weighted by Gasteiger charge is 2.48. The Morgan fingerprint density at radius 3 is 2.64 bits per heavy atom. The number of amides is 1. The second-order valence-corrected chi connectivity index (χ2v) is 9.91. The maximum atomic E-state index is 13.1. The molecule has 1 N–H and O–H groups in total. The minimum Gasteiger partial charge on any atom is -0.480 e. The number of carboxylic acid groups (broad SMARTS) is 1. The predicted molar refractivity (Wildman–Crippen MR) is 102 cm³/mol. The van der Waals surface area contributed by atoms with Gasteiger partial charge >= 0.3 is 5.97 Å². The fourth-order valence-corrected chi connectivity index (χ4v) is 7.16. The summed E-state index contributed by atoms with van der Waals surface area (Å²) >= 11 is 1.24. The molecule has 0 aromatic heterocycles. The van der Waals surface area contributed by atoms with E-state index < -0.39 is 34.9 Å². The van der Waals surface area contributed by atoms with E-state index in [-0.39, 0.29) is 28.6 Å². The molecule has 2 aliphatic rings. The second-order valence-electron chi connectivity index (χ2n) is 6.55. The van der Waals surface area contributed by atoms with Gasteiger partial charge in [0.1, 0.15) is 19.0 Å². The molecule has 0 spiro atoms. The maximum Gasteiger partial charge on any atom is 0.329 e. The van der Waals surface area contributed by atoms with E-state index in [1.165, 1.54) is 23.9 Å². The quantitative estimate of drug-likeness (QED) is 0.668. The Hall–Kier alpha value is -1.98. The number of carbonyl (C=O) groups is 2. The minimum atomic E-state index is -3.14. The molecular formula is C17H19FN2O6S2. The number of benzene rings is 1. The van der Waals surface area contributed by atoms with Gasteiger partial charge in [0.05, 0.1) is 17.5 Å². The molecule has 11 heteroatoms. The Morgan fingerprint density at radius 2 is 1.96 bits per heavy atom. The molecule has 28 heavy (non-hydrogen) atoms. The fraction of sp³-hybridized carbons (Fsp3) is 0.471. The van der Waals surface area contributed by atoms with Crippen molar-refractivity contribution < 1.29 is 32.2 Å². The molecule has 2 heterocycles. The number of thioether (sulfide) groups is 1. The number of nitrogens with zero attached hydrogens (tertiary/aromatic N) is 2. The Kier molecular flexibility index (Phi) is 6.36. The maximum absolute atomic E-state index is 13.1. The van der Waals surface area contributed by atoms with Gasteiger partial charge < -0.3 is 14.7 Å². The summed E-state index contributed by atoms with van der Waals surface area (Å²) in [6.45, 7) is -0.630. The van der Waals surface area contributed by atoms with E-state index in [2.05, 4.69) is 4.99 Å². The van der Waals surface area contributed by atoms with Crippen LogP contribution in [0, 0.1) is 5.82 Å². The van der Waals surface area contributed by atoms with Crippen LogP contribution in [0.5, 0.6) is 0 Å². The number of sulfone groups is 1. The molecule has 8 nitrogen and oxygen atoms in total. The molecule has 2 aliphatic heterocycles. The summed E-state index contributed by atoms with van der Waals surface area (Å²) in [5.74, 6) is -2.12. The lowest BCUT2D eigenvalue weighted by molar-refractivity contribution is -0.143. The molecule has 0 radical (unpaired) electrons. The zero-order chi connectivity index (χ0) is 20.3. The van der Waals surface area contributed by atoms with Crippen molar-refractivity contribution in [3.63, 3.8) is 0 Å². The number of hydrogen-bond acceptors (Lipinski definition) is 6. The largest absolute Gasteiger partial charge is 0.480 e. The Morgan fingerprint density at radius 1 is 1.25 bits per heavy atom. The smallest absolute Gasteiger partial charge is 0.329 e. The van der Waals surface area contributed by atoms with Gasteiger partial charge in [-0.05, 0) is 24.1 Å². The van der Waals surface area contributed by atoms with E-state index in [0.29, 0.717) is 18.1 Å². The SMILES string of the molecule is O=C(O)COCC(=O)N=C1S[C@@H]2CS(=O)(=O)C[C@H]2N1CCc1ccc(F)cc1. The van der Waals surface area contributed by atoms with Crippen LogP contribution in [0.4, 0.5) is 4.39 Å². The summed E-state index contributed by atoms with van der Waals surface area (Å²) < 4.78 is 41.8. The molecule has 3 rings (SSSR count). The lowest BCUT2D eigenvalue weighted by atomic mass is 10.1. The first kappa shape index (κ1) is 20.7. The van der Waals surface area contributed by atoms with Crippen LogP contribution in [0.3, 0.4) is 0 Å². The fourth-order valence-electron chi connectivity index (χ4n) is 3.16. The van der Waals surface area contributed by atoms with Crippen LogP contribution in [0.2, 0.25) is 0 Å². The van der Waals surface area contributed by atoms with Crippen molar-refractivity contribution in [2.24, 2.45) is 4.99 Å². The van der Waals surface area contributed by atoms with Crippen LogP contribution in [0.15, 0.2) is 29.3 Å². The third-order valence-electron chi connectivity index (χ3n) is 4.40. The molecule has 2 fully saturated rings. The van der Waals surface area contributed by atoms with Crippen molar-refractivity contribution in [3.05, 3.63) is 35.6 Å². The van der Waals surface area contributed by atoms with E-state index in [1.807, 2.05) is 0 Å². The topological polar surface area (TPSA) is 113 Å². The van der Waals surface area contributed by atoms with E-state index in [4.69, 9.17) is 9.84 Å². The van der Waals surface area contributed by atoms with Gasteiger partial charge in [-0.2, -0.15) is 4.99 Å². The molecule has 1 aromatic carbocycles. The number of aliphatic carboxylic acids is 1. The summed E-state index contributed by atoms with van der Waals surface area (Å²) in [7, 11) is -3.14. The number of carboxylic acids is 1. The lowest BCUT2D eigenvalue weighted by Crippen LogP contribution is -2.39. The number of rotatable bonds is 7. The van der Waals surface area contributed by atoms with Gasteiger partial charge in [-0.3, -0.25) is 4.79 Å². The van der Waals surface area contributed by atoms with Crippen molar-refractivity contribution in [1.82, 2.24) is 4.90 Å².